The molecule has 0 bridgehead atoms. The topological polar surface area (TPSA) is 97.0 Å². The molecule has 1 saturated heterocycles. The number of likely N-dealkylation sites (tertiary alicyclic amines) is 1. The third-order valence-electron chi connectivity index (χ3n) is 6.61. The number of carbonyl (C=O) groups is 2. The second kappa shape index (κ2) is 9.88. The Bertz CT molecular complexity index is 1360. The quantitative estimate of drug-likeness (QED) is 0.482. The van der Waals surface area contributed by atoms with Crippen LogP contribution in [0.5, 0.6) is 0 Å². The molecule has 15 heteroatoms. The number of carbonyl (C=O) groups excluding carboxylic acids is 2. The minimum Gasteiger partial charge on any atom is -0.374 e. The van der Waals surface area contributed by atoms with Crippen LogP contribution in [0.3, 0.4) is 0 Å². The maximum atomic E-state index is 14.7. The standard InChI is InChI=1S/C24H20ClF7N4O3/c1-11-6-12(2-3-15(11)20(37)34-14-9-36(10-14)21(33)38)18-4-5-22(39-35-18,24(30,31)32)16-7-13(23(27,28)29)8-17(25)19(16)26/h2-3,6-8,14H,4-5,9-10H2,1H3,(H2,33,38)(H,34,37)/t22-/m0/s1. The van der Waals surface area contributed by atoms with Crippen molar-refractivity contribution in [3.8, 4) is 0 Å². The molecular formula is C24H20ClF7N4O3. The summed E-state index contributed by atoms with van der Waals surface area (Å²) < 4.78 is 97.1. The lowest BCUT2D eigenvalue weighted by molar-refractivity contribution is -0.292. The lowest BCUT2D eigenvalue weighted by atomic mass is 9.84. The van der Waals surface area contributed by atoms with Gasteiger partial charge in [0, 0.05) is 30.6 Å². The van der Waals surface area contributed by atoms with Crippen molar-refractivity contribution < 1.29 is 45.2 Å². The first-order valence-electron chi connectivity index (χ1n) is 11.4. The van der Waals surface area contributed by atoms with Crippen molar-refractivity contribution in [3.63, 3.8) is 0 Å². The van der Waals surface area contributed by atoms with Gasteiger partial charge in [-0.05, 0) is 48.7 Å². The second-order valence-corrected chi connectivity index (χ2v) is 9.62. The molecule has 1 atom stereocenters. The zero-order valence-electron chi connectivity index (χ0n) is 20.0. The number of rotatable bonds is 4. The molecule has 39 heavy (non-hydrogen) atoms. The minimum atomic E-state index is -5.35. The second-order valence-electron chi connectivity index (χ2n) is 9.21. The van der Waals surface area contributed by atoms with E-state index in [2.05, 4.69) is 10.5 Å². The number of benzene rings is 2. The Kier molecular flexibility index (Phi) is 7.21. The molecule has 2 heterocycles. The highest BCUT2D eigenvalue weighted by atomic mass is 35.5. The summed E-state index contributed by atoms with van der Waals surface area (Å²) in [5, 5.41) is 5.12. The average molecular weight is 581 g/mol. The molecule has 4 rings (SSSR count). The van der Waals surface area contributed by atoms with E-state index in [9.17, 15) is 40.3 Å². The molecule has 210 valence electrons. The molecule has 0 saturated carbocycles. The number of hydrogen-bond acceptors (Lipinski definition) is 4. The van der Waals surface area contributed by atoms with Crippen molar-refractivity contribution in [2.75, 3.05) is 13.1 Å². The van der Waals surface area contributed by atoms with Crippen molar-refractivity contribution >= 4 is 29.3 Å². The van der Waals surface area contributed by atoms with Crippen LogP contribution in [0, 0.1) is 12.7 Å². The van der Waals surface area contributed by atoms with Gasteiger partial charge in [0.1, 0.15) is 5.82 Å². The van der Waals surface area contributed by atoms with Crippen molar-refractivity contribution in [1.29, 1.82) is 0 Å². The SMILES string of the molecule is Cc1cc(C2=NO[C@@](c3cc(C(F)(F)F)cc(Cl)c3F)(C(F)(F)F)CC2)ccc1C(=O)NC1CN(C(N)=O)C1. The van der Waals surface area contributed by atoms with Crippen molar-refractivity contribution in [2.45, 2.75) is 43.8 Å². The summed E-state index contributed by atoms with van der Waals surface area (Å²) in [6.45, 7) is 2.09. The van der Waals surface area contributed by atoms with Crippen LogP contribution in [-0.2, 0) is 16.6 Å². The van der Waals surface area contributed by atoms with E-state index in [1.165, 1.54) is 23.1 Å². The zero-order valence-corrected chi connectivity index (χ0v) is 20.8. The number of nitrogens with two attached hydrogens (primary N) is 1. The maximum Gasteiger partial charge on any atom is 0.435 e. The molecule has 1 fully saturated rings. The molecule has 2 aromatic rings. The third kappa shape index (κ3) is 5.34. The van der Waals surface area contributed by atoms with Gasteiger partial charge >= 0.3 is 18.4 Å². The highest BCUT2D eigenvalue weighted by Crippen LogP contribution is 2.50. The molecule has 0 aliphatic carbocycles. The highest BCUT2D eigenvalue weighted by Gasteiger charge is 2.62. The van der Waals surface area contributed by atoms with Crippen LogP contribution >= 0.6 is 11.6 Å². The Labute approximate surface area is 221 Å². The number of amides is 3. The van der Waals surface area contributed by atoms with Crippen molar-refractivity contribution in [1.82, 2.24) is 10.2 Å². The molecule has 0 radical (unpaired) electrons. The van der Waals surface area contributed by atoms with Gasteiger partial charge in [-0.15, -0.1) is 0 Å². The van der Waals surface area contributed by atoms with E-state index in [0.717, 1.165) is 0 Å². The molecule has 0 unspecified atom stereocenters. The number of urea groups is 1. The molecular weight excluding hydrogens is 561 g/mol. The molecule has 3 amide bonds. The van der Waals surface area contributed by atoms with Gasteiger partial charge in [-0.3, -0.25) is 4.79 Å². The van der Waals surface area contributed by atoms with Crippen LogP contribution in [0.1, 0.15) is 45.5 Å². The first-order valence-corrected chi connectivity index (χ1v) is 11.8. The summed E-state index contributed by atoms with van der Waals surface area (Å²) in [6.07, 6.45) is -11.9. The number of halogens is 8. The van der Waals surface area contributed by atoms with Crippen LogP contribution in [0.2, 0.25) is 5.02 Å². The Morgan fingerprint density at radius 1 is 1.15 bits per heavy atom. The summed E-state index contributed by atoms with van der Waals surface area (Å²) in [7, 11) is 0. The zero-order chi connectivity index (χ0) is 28.9. The van der Waals surface area contributed by atoms with Crippen LogP contribution in [0.15, 0.2) is 35.5 Å². The van der Waals surface area contributed by atoms with Crippen molar-refractivity contribution in [2.24, 2.45) is 10.9 Å². The summed E-state index contributed by atoms with van der Waals surface area (Å²) in [6, 6.07) is 3.65. The monoisotopic (exact) mass is 580 g/mol. The van der Waals surface area contributed by atoms with Crippen LogP contribution in [-0.4, -0.2) is 47.9 Å². The molecule has 0 aromatic heterocycles. The van der Waals surface area contributed by atoms with Gasteiger partial charge in [0.15, 0.2) is 0 Å². The first-order chi connectivity index (χ1) is 18.0. The number of nitrogens with zero attached hydrogens (tertiary/aromatic N) is 2. The number of aryl methyl sites for hydroxylation is 1. The summed E-state index contributed by atoms with van der Waals surface area (Å²) in [5.41, 5.74) is -0.340. The number of oxime groups is 1. The van der Waals surface area contributed by atoms with E-state index in [1.54, 1.807) is 6.92 Å². The lowest BCUT2D eigenvalue weighted by Gasteiger charge is -2.38. The van der Waals surface area contributed by atoms with Crippen LogP contribution < -0.4 is 11.1 Å². The van der Waals surface area contributed by atoms with E-state index in [4.69, 9.17) is 22.2 Å². The number of hydrogen-bond donors (Lipinski definition) is 2. The van der Waals surface area contributed by atoms with Gasteiger partial charge in [0.25, 0.3) is 11.5 Å². The van der Waals surface area contributed by atoms with E-state index >= 15 is 0 Å². The number of nitrogens with one attached hydrogen (secondary N) is 1. The van der Waals surface area contributed by atoms with Gasteiger partial charge in [-0.2, -0.15) is 26.3 Å². The van der Waals surface area contributed by atoms with E-state index < -0.39 is 64.7 Å². The predicted octanol–water partition coefficient (Wildman–Crippen LogP) is 5.27. The summed E-state index contributed by atoms with van der Waals surface area (Å²) in [5.74, 6) is -2.14. The maximum absolute atomic E-state index is 14.7. The summed E-state index contributed by atoms with van der Waals surface area (Å²) >= 11 is 5.51. The fourth-order valence-electron chi connectivity index (χ4n) is 4.40. The number of alkyl halides is 6. The largest absolute Gasteiger partial charge is 0.435 e. The van der Waals surface area contributed by atoms with Gasteiger partial charge in [0.2, 0.25) is 0 Å². The van der Waals surface area contributed by atoms with E-state index in [-0.39, 0.29) is 42.5 Å². The summed E-state index contributed by atoms with van der Waals surface area (Å²) in [4.78, 5) is 29.8. The predicted molar refractivity (Wildman–Crippen MR) is 125 cm³/mol. The number of primary amides is 1. The Morgan fingerprint density at radius 3 is 2.33 bits per heavy atom. The van der Waals surface area contributed by atoms with E-state index in [0.29, 0.717) is 11.1 Å². The van der Waals surface area contributed by atoms with Crippen LogP contribution in [0.4, 0.5) is 35.5 Å². The van der Waals surface area contributed by atoms with Gasteiger partial charge in [-0.25, -0.2) is 9.18 Å². The fraction of sp³-hybridized carbons (Fsp3) is 0.375. The molecule has 2 aromatic carbocycles. The Hall–Kier alpha value is -3.55. The normalized spacial score (nSPS) is 20.1. The molecule has 0 spiro atoms. The Balaban J connectivity index is 1.59. The fourth-order valence-corrected chi connectivity index (χ4v) is 4.62. The molecule has 2 aliphatic heterocycles. The third-order valence-corrected chi connectivity index (χ3v) is 6.88. The highest BCUT2D eigenvalue weighted by molar-refractivity contribution is 6.30. The smallest absolute Gasteiger partial charge is 0.374 e. The first kappa shape index (κ1) is 28.5. The van der Waals surface area contributed by atoms with Crippen molar-refractivity contribution in [3.05, 3.63) is 69.0 Å². The molecule has 7 nitrogen and oxygen atoms in total. The minimum absolute atomic E-state index is 0.0134. The van der Waals surface area contributed by atoms with Crippen LogP contribution in [0.25, 0.3) is 0 Å². The lowest BCUT2D eigenvalue weighted by Crippen LogP contribution is -2.62. The van der Waals surface area contributed by atoms with Gasteiger partial charge in [-0.1, -0.05) is 22.8 Å². The molecule has 3 N–H and O–H groups in total. The molecule has 2 aliphatic rings. The van der Waals surface area contributed by atoms with E-state index in [1.807, 2.05) is 0 Å². The van der Waals surface area contributed by atoms with Gasteiger partial charge in [0.05, 0.1) is 22.3 Å². The van der Waals surface area contributed by atoms with Gasteiger partial charge < -0.3 is 20.8 Å². The average Bonchev–Trinajstić information content (AvgIpc) is 2.81. The Morgan fingerprint density at radius 2 is 1.82 bits per heavy atom.